The maximum atomic E-state index is 5.50. The highest BCUT2D eigenvalue weighted by molar-refractivity contribution is 5.80. The van der Waals surface area contributed by atoms with Crippen molar-refractivity contribution in [2.45, 2.75) is 45.1 Å². The lowest BCUT2D eigenvalue weighted by Crippen LogP contribution is -2.06. The first-order valence-electron chi connectivity index (χ1n) is 9.46. The molecule has 4 aromatic rings. The van der Waals surface area contributed by atoms with Gasteiger partial charge in [-0.25, -0.2) is 4.68 Å². The number of aromatic nitrogens is 6. The van der Waals surface area contributed by atoms with E-state index < -0.39 is 0 Å². The minimum absolute atomic E-state index is 0.468. The average Bonchev–Trinajstić information content (AvgIpc) is 3.47. The van der Waals surface area contributed by atoms with Crippen LogP contribution in [0.3, 0.4) is 0 Å². The van der Waals surface area contributed by atoms with E-state index in [1.807, 2.05) is 24.3 Å². The molecule has 0 N–H and O–H groups in total. The van der Waals surface area contributed by atoms with Gasteiger partial charge in [0, 0.05) is 23.0 Å². The molecule has 0 aliphatic heterocycles. The van der Waals surface area contributed by atoms with E-state index >= 15 is 0 Å². The van der Waals surface area contributed by atoms with Gasteiger partial charge in [-0.05, 0) is 49.6 Å². The molecule has 1 saturated carbocycles. The number of nitrogens with zero attached hydrogens (tertiary/aromatic N) is 6. The number of pyridine rings is 1. The molecule has 0 amide bonds. The molecule has 0 atom stereocenters. The van der Waals surface area contributed by atoms with Crippen LogP contribution in [0.25, 0.3) is 33.9 Å². The van der Waals surface area contributed by atoms with Crippen molar-refractivity contribution in [3.63, 3.8) is 0 Å². The lowest BCUT2D eigenvalue weighted by molar-refractivity contribution is 0.432. The van der Waals surface area contributed by atoms with Gasteiger partial charge in [0.25, 0.3) is 5.89 Å². The van der Waals surface area contributed by atoms with Gasteiger partial charge in [-0.3, -0.25) is 4.98 Å². The Morgan fingerprint density at radius 2 is 2.00 bits per heavy atom. The number of hydrogen-bond donors (Lipinski definition) is 0. The van der Waals surface area contributed by atoms with E-state index in [1.54, 1.807) is 6.20 Å². The maximum absolute atomic E-state index is 5.50. The third-order valence-electron chi connectivity index (χ3n) is 5.25. The lowest BCUT2D eigenvalue weighted by atomic mass is 10.1. The molecular formula is C20H20N6O. The fraction of sp³-hybridized carbons (Fsp3) is 0.350. The molecule has 0 saturated heterocycles. The van der Waals surface area contributed by atoms with Crippen LogP contribution in [0.5, 0.6) is 0 Å². The van der Waals surface area contributed by atoms with Crippen molar-refractivity contribution in [3.8, 4) is 22.8 Å². The topological polar surface area (TPSA) is 82.5 Å². The molecule has 3 heterocycles. The fourth-order valence-electron chi connectivity index (χ4n) is 3.76. The molecule has 27 heavy (non-hydrogen) atoms. The molecule has 0 radical (unpaired) electrons. The first-order chi connectivity index (χ1) is 13.3. The SMILES string of the molecule is CCc1cc(-c2noc(-c3ccc4c(c3)nnn4C3CCCC3)n2)ccn1. The Bertz CT molecular complexity index is 1090. The lowest BCUT2D eigenvalue weighted by Gasteiger charge is -2.09. The second-order valence-electron chi connectivity index (χ2n) is 6.99. The number of rotatable bonds is 4. The van der Waals surface area contributed by atoms with Crippen LogP contribution in [0.1, 0.15) is 44.3 Å². The molecule has 7 nitrogen and oxygen atoms in total. The van der Waals surface area contributed by atoms with E-state index in [4.69, 9.17) is 4.52 Å². The van der Waals surface area contributed by atoms with Gasteiger partial charge in [0.1, 0.15) is 5.52 Å². The van der Waals surface area contributed by atoms with Crippen LogP contribution >= 0.6 is 0 Å². The Kier molecular flexibility index (Phi) is 3.92. The van der Waals surface area contributed by atoms with Crippen molar-refractivity contribution < 1.29 is 4.52 Å². The summed E-state index contributed by atoms with van der Waals surface area (Å²) in [5, 5.41) is 12.9. The summed E-state index contributed by atoms with van der Waals surface area (Å²) in [5.74, 6) is 1.05. The minimum atomic E-state index is 0.468. The summed E-state index contributed by atoms with van der Waals surface area (Å²) in [7, 11) is 0. The van der Waals surface area contributed by atoms with Crippen molar-refractivity contribution in [2.24, 2.45) is 0 Å². The second kappa shape index (κ2) is 6.57. The molecular weight excluding hydrogens is 340 g/mol. The van der Waals surface area contributed by atoms with Gasteiger partial charge >= 0.3 is 0 Å². The van der Waals surface area contributed by atoms with Gasteiger partial charge in [0.15, 0.2) is 0 Å². The predicted molar refractivity (Wildman–Crippen MR) is 101 cm³/mol. The summed E-state index contributed by atoms with van der Waals surface area (Å²) < 4.78 is 7.56. The largest absolute Gasteiger partial charge is 0.334 e. The molecule has 1 aromatic carbocycles. The Hall–Kier alpha value is -3.09. The highest BCUT2D eigenvalue weighted by Gasteiger charge is 2.21. The van der Waals surface area contributed by atoms with Crippen molar-refractivity contribution in [2.75, 3.05) is 0 Å². The molecule has 136 valence electrons. The zero-order chi connectivity index (χ0) is 18.2. The van der Waals surface area contributed by atoms with Crippen LogP contribution in [0, 0.1) is 0 Å². The molecule has 1 fully saturated rings. The summed E-state index contributed by atoms with van der Waals surface area (Å²) in [4.78, 5) is 8.87. The summed E-state index contributed by atoms with van der Waals surface area (Å²) in [6, 6.07) is 10.4. The van der Waals surface area contributed by atoms with Crippen LogP contribution in [0.2, 0.25) is 0 Å². The summed E-state index contributed by atoms with van der Waals surface area (Å²) in [6.07, 6.45) is 7.54. The number of aryl methyl sites for hydroxylation is 1. The van der Waals surface area contributed by atoms with E-state index in [2.05, 4.69) is 43.1 Å². The molecule has 0 spiro atoms. The van der Waals surface area contributed by atoms with Crippen molar-refractivity contribution >= 4 is 11.0 Å². The molecule has 3 aromatic heterocycles. The smallest absolute Gasteiger partial charge is 0.258 e. The molecule has 5 rings (SSSR count). The van der Waals surface area contributed by atoms with Gasteiger partial charge in [0.05, 0.1) is 11.6 Å². The molecule has 0 unspecified atom stereocenters. The van der Waals surface area contributed by atoms with Gasteiger partial charge in [0.2, 0.25) is 5.82 Å². The minimum Gasteiger partial charge on any atom is -0.334 e. The fourth-order valence-corrected chi connectivity index (χ4v) is 3.76. The monoisotopic (exact) mass is 360 g/mol. The second-order valence-corrected chi connectivity index (χ2v) is 6.99. The van der Waals surface area contributed by atoms with Crippen LogP contribution in [0.15, 0.2) is 41.1 Å². The van der Waals surface area contributed by atoms with Crippen LogP contribution in [-0.4, -0.2) is 30.1 Å². The van der Waals surface area contributed by atoms with Gasteiger partial charge in [-0.2, -0.15) is 4.98 Å². The van der Waals surface area contributed by atoms with E-state index in [-0.39, 0.29) is 0 Å². The quantitative estimate of drug-likeness (QED) is 0.542. The number of benzene rings is 1. The summed E-state index contributed by atoms with van der Waals surface area (Å²) >= 11 is 0. The summed E-state index contributed by atoms with van der Waals surface area (Å²) in [6.45, 7) is 2.07. The standard InChI is InChI=1S/C20H20N6O/c1-2-15-11-13(9-10-21-15)19-22-20(27-24-19)14-7-8-18-17(12-14)23-25-26(18)16-5-3-4-6-16/h7-12,16H,2-6H2,1H3. The average molecular weight is 360 g/mol. The molecule has 1 aliphatic rings. The van der Waals surface area contributed by atoms with Gasteiger partial charge in [-0.1, -0.05) is 30.1 Å². The van der Waals surface area contributed by atoms with Crippen LogP contribution < -0.4 is 0 Å². The predicted octanol–water partition coefficient (Wildman–Crippen LogP) is 4.22. The highest BCUT2D eigenvalue weighted by Crippen LogP contribution is 2.32. The normalized spacial score (nSPS) is 15.0. The van der Waals surface area contributed by atoms with Gasteiger partial charge < -0.3 is 4.52 Å². The first-order valence-corrected chi connectivity index (χ1v) is 9.46. The number of hydrogen-bond acceptors (Lipinski definition) is 6. The van der Waals surface area contributed by atoms with E-state index in [9.17, 15) is 0 Å². The Morgan fingerprint density at radius 1 is 1.11 bits per heavy atom. The van der Waals surface area contributed by atoms with E-state index in [1.165, 1.54) is 25.7 Å². The Labute approximate surface area is 156 Å². The zero-order valence-electron chi connectivity index (χ0n) is 15.2. The third-order valence-corrected chi connectivity index (χ3v) is 5.25. The van der Waals surface area contributed by atoms with Crippen molar-refractivity contribution in [1.29, 1.82) is 0 Å². The van der Waals surface area contributed by atoms with Crippen molar-refractivity contribution in [3.05, 3.63) is 42.2 Å². The molecule has 1 aliphatic carbocycles. The molecule has 0 bridgehead atoms. The first kappa shape index (κ1) is 16.1. The number of fused-ring (bicyclic) bond motifs is 1. The van der Waals surface area contributed by atoms with Crippen LogP contribution in [-0.2, 0) is 6.42 Å². The van der Waals surface area contributed by atoms with E-state index in [0.29, 0.717) is 17.8 Å². The summed E-state index contributed by atoms with van der Waals surface area (Å²) in [5.41, 5.74) is 4.68. The highest BCUT2D eigenvalue weighted by atomic mass is 16.5. The third kappa shape index (κ3) is 2.89. The van der Waals surface area contributed by atoms with E-state index in [0.717, 1.165) is 34.3 Å². The molecule has 7 heteroatoms. The Morgan fingerprint density at radius 3 is 2.85 bits per heavy atom. The van der Waals surface area contributed by atoms with Gasteiger partial charge in [-0.15, -0.1) is 5.10 Å². The van der Waals surface area contributed by atoms with Crippen molar-refractivity contribution in [1.82, 2.24) is 30.1 Å². The Balaban J connectivity index is 1.48. The zero-order valence-corrected chi connectivity index (χ0v) is 15.2. The maximum Gasteiger partial charge on any atom is 0.258 e. The van der Waals surface area contributed by atoms with Crippen LogP contribution in [0.4, 0.5) is 0 Å².